The first-order valence-corrected chi connectivity index (χ1v) is 8.49. The lowest BCUT2D eigenvalue weighted by molar-refractivity contribution is -0.121. The van der Waals surface area contributed by atoms with Gasteiger partial charge in [0.15, 0.2) is 5.96 Å². The maximum atomic E-state index is 11.6. The predicted molar refractivity (Wildman–Crippen MR) is 100 cm³/mol. The number of nitrogens with one attached hydrogen (secondary N) is 3. The molecule has 0 aliphatic carbocycles. The number of guanidine groups is 1. The summed E-state index contributed by atoms with van der Waals surface area (Å²) in [5.74, 6) is 2.17. The van der Waals surface area contributed by atoms with Crippen molar-refractivity contribution >= 4 is 11.9 Å². The fourth-order valence-corrected chi connectivity index (χ4v) is 2.10. The van der Waals surface area contributed by atoms with E-state index < -0.39 is 0 Å². The zero-order valence-corrected chi connectivity index (χ0v) is 15.8. The molecule has 0 fully saturated rings. The molecule has 0 aliphatic rings. The largest absolute Gasteiger partial charge is 0.497 e. The maximum absolute atomic E-state index is 11.6. The van der Waals surface area contributed by atoms with E-state index in [4.69, 9.17) is 9.47 Å². The van der Waals surface area contributed by atoms with Gasteiger partial charge in [-0.3, -0.25) is 9.79 Å². The van der Waals surface area contributed by atoms with Gasteiger partial charge in [-0.2, -0.15) is 0 Å². The summed E-state index contributed by atoms with van der Waals surface area (Å²) in [7, 11) is 3.32. The van der Waals surface area contributed by atoms with Gasteiger partial charge < -0.3 is 25.4 Å². The van der Waals surface area contributed by atoms with Crippen LogP contribution in [0.25, 0.3) is 0 Å². The Bertz CT molecular complexity index is 561. The van der Waals surface area contributed by atoms with E-state index >= 15 is 0 Å². The van der Waals surface area contributed by atoms with Crippen molar-refractivity contribution in [2.75, 3.05) is 27.2 Å². The molecule has 0 aliphatic heterocycles. The van der Waals surface area contributed by atoms with E-state index in [1.165, 1.54) is 0 Å². The molecule has 0 radical (unpaired) electrons. The molecule has 7 heteroatoms. The van der Waals surface area contributed by atoms with Crippen molar-refractivity contribution in [3.8, 4) is 11.5 Å². The summed E-state index contributed by atoms with van der Waals surface area (Å²) in [6, 6.07) is 7.64. The van der Waals surface area contributed by atoms with Crippen LogP contribution in [0.5, 0.6) is 11.5 Å². The zero-order valence-electron chi connectivity index (χ0n) is 15.8. The summed E-state index contributed by atoms with van der Waals surface area (Å²) < 4.78 is 11.0. The van der Waals surface area contributed by atoms with E-state index in [-0.39, 0.29) is 18.1 Å². The highest BCUT2D eigenvalue weighted by atomic mass is 16.5. The summed E-state index contributed by atoms with van der Waals surface area (Å²) >= 11 is 0. The summed E-state index contributed by atoms with van der Waals surface area (Å²) in [4.78, 5) is 15.7. The molecule has 1 aromatic rings. The molecule has 1 unspecified atom stereocenters. The quantitative estimate of drug-likeness (QED) is 0.465. The van der Waals surface area contributed by atoms with Crippen LogP contribution in [0.2, 0.25) is 0 Å². The number of aliphatic imine (C=N–C) groups is 1. The van der Waals surface area contributed by atoms with Crippen molar-refractivity contribution in [3.63, 3.8) is 0 Å². The molecule has 3 N–H and O–H groups in total. The average Bonchev–Trinajstić information content (AvgIpc) is 2.57. The highest BCUT2D eigenvalue weighted by molar-refractivity contribution is 5.81. The van der Waals surface area contributed by atoms with Gasteiger partial charge in [0.2, 0.25) is 5.91 Å². The molecule has 25 heavy (non-hydrogen) atoms. The smallest absolute Gasteiger partial charge is 0.221 e. The Labute approximate surface area is 150 Å². The molecule has 0 aromatic heterocycles. The number of hydrogen-bond donors (Lipinski definition) is 3. The van der Waals surface area contributed by atoms with Crippen molar-refractivity contribution in [1.29, 1.82) is 0 Å². The van der Waals surface area contributed by atoms with Crippen LogP contribution < -0.4 is 25.4 Å². The van der Waals surface area contributed by atoms with Gasteiger partial charge in [-0.15, -0.1) is 0 Å². The van der Waals surface area contributed by atoms with Crippen LogP contribution >= 0.6 is 0 Å². The van der Waals surface area contributed by atoms with E-state index in [2.05, 4.69) is 20.9 Å². The van der Waals surface area contributed by atoms with Crippen LogP contribution in [-0.4, -0.2) is 51.3 Å². The van der Waals surface area contributed by atoms with Crippen LogP contribution in [0.15, 0.2) is 29.3 Å². The minimum Gasteiger partial charge on any atom is -0.497 e. The third kappa shape index (κ3) is 8.83. The molecular formula is C18H30N4O3. The SMILES string of the molecule is CN=C(NCCC(=O)NC(C)C)NCC(C)Oc1cccc(OC)c1. The summed E-state index contributed by atoms with van der Waals surface area (Å²) in [5, 5.41) is 9.15. The van der Waals surface area contributed by atoms with Crippen molar-refractivity contribution in [2.45, 2.75) is 39.3 Å². The summed E-state index contributed by atoms with van der Waals surface area (Å²) in [6.45, 7) is 6.94. The van der Waals surface area contributed by atoms with Gasteiger partial charge in [0, 0.05) is 32.1 Å². The Morgan fingerprint density at radius 1 is 1.20 bits per heavy atom. The fourth-order valence-electron chi connectivity index (χ4n) is 2.10. The number of carbonyl (C=O) groups is 1. The van der Waals surface area contributed by atoms with E-state index in [0.29, 0.717) is 25.5 Å². The van der Waals surface area contributed by atoms with Gasteiger partial charge in [0.1, 0.15) is 17.6 Å². The van der Waals surface area contributed by atoms with Crippen molar-refractivity contribution in [3.05, 3.63) is 24.3 Å². The molecule has 1 aromatic carbocycles. The second-order valence-electron chi connectivity index (χ2n) is 5.96. The Morgan fingerprint density at radius 2 is 1.92 bits per heavy atom. The zero-order chi connectivity index (χ0) is 18.7. The summed E-state index contributed by atoms with van der Waals surface area (Å²) in [5.41, 5.74) is 0. The van der Waals surface area contributed by atoms with E-state index in [9.17, 15) is 4.79 Å². The average molecular weight is 350 g/mol. The number of rotatable bonds is 9. The van der Waals surface area contributed by atoms with Crippen molar-refractivity contribution < 1.29 is 14.3 Å². The molecule has 0 heterocycles. The first-order valence-electron chi connectivity index (χ1n) is 8.49. The van der Waals surface area contributed by atoms with E-state index in [1.807, 2.05) is 45.0 Å². The lowest BCUT2D eigenvalue weighted by Crippen LogP contribution is -2.43. The van der Waals surface area contributed by atoms with E-state index in [1.54, 1.807) is 14.2 Å². The Morgan fingerprint density at radius 3 is 2.56 bits per heavy atom. The van der Waals surface area contributed by atoms with Gasteiger partial charge in [0.05, 0.1) is 13.7 Å². The van der Waals surface area contributed by atoms with Crippen molar-refractivity contribution in [2.24, 2.45) is 4.99 Å². The number of nitrogens with zero attached hydrogens (tertiary/aromatic N) is 1. The molecule has 1 rings (SSSR count). The first-order chi connectivity index (χ1) is 11.9. The number of ether oxygens (including phenoxy) is 2. The fraction of sp³-hybridized carbons (Fsp3) is 0.556. The molecule has 0 bridgehead atoms. The third-order valence-corrected chi connectivity index (χ3v) is 3.25. The molecular weight excluding hydrogens is 320 g/mol. The van der Waals surface area contributed by atoms with Crippen LogP contribution in [0.3, 0.4) is 0 Å². The molecule has 0 saturated heterocycles. The van der Waals surface area contributed by atoms with Gasteiger partial charge in [0.25, 0.3) is 0 Å². The number of methoxy groups -OCH3 is 1. The van der Waals surface area contributed by atoms with Crippen molar-refractivity contribution in [1.82, 2.24) is 16.0 Å². The first kappa shape index (κ1) is 20.6. The lowest BCUT2D eigenvalue weighted by Gasteiger charge is -2.18. The van der Waals surface area contributed by atoms with Crippen LogP contribution in [0.4, 0.5) is 0 Å². The molecule has 1 amide bonds. The molecule has 0 spiro atoms. The van der Waals surface area contributed by atoms with Gasteiger partial charge >= 0.3 is 0 Å². The van der Waals surface area contributed by atoms with Gasteiger partial charge in [-0.25, -0.2) is 0 Å². The van der Waals surface area contributed by atoms with Crippen LogP contribution in [-0.2, 0) is 4.79 Å². The monoisotopic (exact) mass is 350 g/mol. The normalized spacial score (nSPS) is 12.5. The Hall–Kier alpha value is -2.44. The standard InChI is InChI=1S/C18H30N4O3/c1-13(2)22-17(23)9-10-20-18(19-4)21-12-14(3)25-16-8-6-7-15(11-16)24-5/h6-8,11,13-14H,9-10,12H2,1-5H3,(H,22,23)(H2,19,20,21). The Kier molecular flexibility index (Phi) is 9.21. The third-order valence-electron chi connectivity index (χ3n) is 3.25. The minimum atomic E-state index is -0.0603. The maximum Gasteiger partial charge on any atom is 0.221 e. The number of benzene rings is 1. The van der Waals surface area contributed by atoms with Crippen LogP contribution in [0, 0.1) is 0 Å². The molecule has 0 saturated carbocycles. The molecule has 7 nitrogen and oxygen atoms in total. The number of amides is 1. The number of carbonyl (C=O) groups excluding carboxylic acids is 1. The topological polar surface area (TPSA) is 84.0 Å². The second kappa shape index (κ2) is 11.2. The summed E-state index contributed by atoms with van der Waals surface area (Å²) in [6.07, 6.45) is 0.337. The molecule has 140 valence electrons. The highest BCUT2D eigenvalue weighted by Crippen LogP contribution is 2.19. The minimum absolute atomic E-state index is 0.0210. The predicted octanol–water partition coefficient (Wildman–Crippen LogP) is 1.54. The lowest BCUT2D eigenvalue weighted by atomic mass is 10.3. The second-order valence-corrected chi connectivity index (χ2v) is 5.96. The molecule has 1 atom stereocenters. The van der Waals surface area contributed by atoms with Gasteiger partial charge in [-0.05, 0) is 32.9 Å². The van der Waals surface area contributed by atoms with Gasteiger partial charge in [-0.1, -0.05) is 6.07 Å². The highest BCUT2D eigenvalue weighted by Gasteiger charge is 2.07. The van der Waals surface area contributed by atoms with Crippen LogP contribution in [0.1, 0.15) is 27.2 Å². The van der Waals surface area contributed by atoms with E-state index in [0.717, 1.165) is 11.5 Å². The number of hydrogen-bond acceptors (Lipinski definition) is 4. The Balaban J connectivity index is 2.32.